The Balaban J connectivity index is 0.966. The van der Waals surface area contributed by atoms with E-state index in [-0.39, 0.29) is 5.91 Å². The molecule has 0 saturated heterocycles. The van der Waals surface area contributed by atoms with Gasteiger partial charge in [-0.3, -0.25) is 9.78 Å². The first-order valence-electron chi connectivity index (χ1n) is 16.8. The summed E-state index contributed by atoms with van der Waals surface area (Å²) >= 11 is 0. The number of para-hydroxylation sites is 1. The maximum absolute atomic E-state index is 13.3. The van der Waals surface area contributed by atoms with Crippen LogP contribution in [0.5, 0.6) is 0 Å². The van der Waals surface area contributed by atoms with Crippen LogP contribution in [0.25, 0.3) is 21.9 Å². The molecule has 0 unspecified atom stereocenters. The van der Waals surface area contributed by atoms with Crippen LogP contribution in [0.15, 0.2) is 36.7 Å². The zero-order valence-corrected chi connectivity index (χ0v) is 25.8. The fraction of sp³-hybridized carbons (Fsp3) is 0.543. The first-order valence-corrected chi connectivity index (χ1v) is 16.8. The number of aromatic nitrogens is 4. The van der Waals surface area contributed by atoms with Crippen LogP contribution in [-0.2, 0) is 19.4 Å². The number of hydrogen-bond donors (Lipinski definition) is 3. The molecule has 1 fully saturated rings. The standard InChI is InChI=1S/C35H47N7O/c1-2-42-34-28(24-39-42)33(40-25-15-7-6-8-16-25)29(23-38-34)35(43)37-22-14-5-3-4-13-21-36-32-26-17-9-11-19-30(26)41-31-20-12-10-18-27(31)32/h9,11,17,19,23-25H,2-8,10,12-16,18,20-22H2,1H3,(H,36,41)(H,37,43)(H,38,40). The minimum absolute atomic E-state index is 0.0472. The van der Waals surface area contributed by atoms with Crippen molar-refractivity contribution in [2.24, 2.45) is 0 Å². The largest absolute Gasteiger partial charge is 0.384 e. The summed E-state index contributed by atoms with van der Waals surface area (Å²) in [7, 11) is 0. The highest BCUT2D eigenvalue weighted by atomic mass is 16.1. The number of aryl methyl sites for hydroxylation is 2. The number of benzene rings is 1. The minimum atomic E-state index is -0.0472. The molecule has 3 aromatic heterocycles. The highest BCUT2D eigenvalue weighted by Gasteiger charge is 2.22. The van der Waals surface area contributed by atoms with Crippen molar-refractivity contribution in [2.75, 3.05) is 23.7 Å². The maximum Gasteiger partial charge on any atom is 0.254 e. The second-order valence-corrected chi connectivity index (χ2v) is 12.3. The second-order valence-electron chi connectivity index (χ2n) is 12.3. The number of pyridine rings is 2. The fourth-order valence-electron chi connectivity index (χ4n) is 6.90. The van der Waals surface area contributed by atoms with Gasteiger partial charge in [0, 0.05) is 48.6 Å². The summed E-state index contributed by atoms with van der Waals surface area (Å²) in [6.45, 7) is 4.48. The molecule has 1 aromatic carbocycles. The van der Waals surface area contributed by atoms with E-state index >= 15 is 0 Å². The van der Waals surface area contributed by atoms with Gasteiger partial charge in [0.05, 0.1) is 28.4 Å². The molecule has 8 heteroatoms. The summed E-state index contributed by atoms with van der Waals surface area (Å²) in [6.07, 6.45) is 20.0. The van der Waals surface area contributed by atoms with Crippen LogP contribution in [0.3, 0.4) is 0 Å². The predicted octanol–water partition coefficient (Wildman–Crippen LogP) is 7.42. The number of rotatable bonds is 13. The van der Waals surface area contributed by atoms with Gasteiger partial charge >= 0.3 is 0 Å². The van der Waals surface area contributed by atoms with Gasteiger partial charge in [0.1, 0.15) is 0 Å². The van der Waals surface area contributed by atoms with Crippen molar-refractivity contribution < 1.29 is 4.79 Å². The maximum atomic E-state index is 13.3. The number of nitrogens with one attached hydrogen (secondary N) is 3. The van der Waals surface area contributed by atoms with Crippen molar-refractivity contribution >= 4 is 39.2 Å². The zero-order chi connectivity index (χ0) is 29.4. The van der Waals surface area contributed by atoms with E-state index in [0.29, 0.717) is 18.2 Å². The van der Waals surface area contributed by atoms with Crippen molar-refractivity contribution in [3.05, 3.63) is 53.5 Å². The smallest absolute Gasteiger partial charge is 0.254 e. The lowest BCUT2D eigenvalue weighted by molar-refractivity contribution is 0.0953. The quantitative estimate of drug-likeness (QED) is 0.142. The molecule has 2 aliphatic carbocycles. The number of hydrogen-bond acceptors (Lipinski definition) is 6. The summed E-state index contributed by atoms with van der Waals surface area (Å²) in [6, 6.07) is 8.94. The molecule has 0 aliphatic heterocycles. The molecule has 8 nitrogen and oxygen atoms in total. The van der Waals surface area contributed by atoms with E-state index in [4.69, 9.17) is 4.98 Å². The lowest BCUT2D eigenvalue weighted by Crippen LogP contribution is -2.28. The monoisotopic (exact) mass is 581 g/mol. The number of anilines is 2. The third-order valence-electron chi connectivity index (χ3n) is 9.27. The Bertz CT molecular complexity index is 1540. The number of carbonyl (C=O) groups excluding carboxylic acids is 1. The van der Waals surface area contributed by atoms with Gasteiger partial charge in [0.2, 0.25) is 0 Å². The summed E-state index contributed by atoms with van der Waals surface area (Å²) in [5, 5.41) is 17.4. The molecule has 3 heterocycles. The van der Waals surface area contributed by atoms with Crippen molar-refractivity contribution in [3.63, 3.8) is 0 Å². The van der Waals surface area contributed by atoms with Crippen molar-refractivity contribution in [1.29, 1.82) is 0 Å². The van der Waals surface area contributed by atoms with Crippen LogP contribution in [0, 0.1) is 0 Å². The van der Waals surface area contributed by atoms with Crippen LogP contribution < -0.4 is 16.0 Å². The molecule has 1 amide bonds. The van der Waals surface area contributed by atoms with E-state index in [1.165, 1.54) is 67.3 Å². The van der Waals surface area contributed by atoms with Gasteiger partial charge in [-0.2, -0.15) is 5.10 Å². The van der Waals surface area contributed by atoms with E-state index < -0.39 is 0 Å². The molecule has 3 N–H and O–H groups in total. The Morgan fingerprint density at radius 1 is 0.884 bits per heavy atom. The number of nitrogens with zero attached hydrogens (tertiary/aromatic N) is 4. The molecule has 4 aromatic rings. The van der Waals surface area contributed by atoms with E-state index in [9.17, 15) is 4.79 Å². The summed E-state index contributed by atoms with van der Waals surface area (Å²) in [5.74, 6) is -0.0472. The average Bonchev–Trinajstić information content (AvgIpc) is 3.48. The normalized spacial score (nSPS) is 15.5. The van der Waals surface area contributed by atoms with E-state index in [2.05, 4.69) is 57.2 Å². The SMILES string of the molecule is CCn1ncc2c(NC3CCCCC3)c(C(=O)NCCCCCCCNc3c4c(nc5ccccc35)CCCC4)cnc21. The van der Waals surface area contributed by atoms with Crippen LogP contribution in [0.1, 0.15) is 106 Å². The average molecular weight is 582 g/mol. The lowest BCUT2D eigenvalue weighted by Gasteiger charge is -2.25. The molecule has 0 radical (unpaired) electrons. The van der Waals surface area contributed by atoms with E-state index in [0.717, 1.165) is 80.3 Å². The molecule has 228 valence electrons. The Kier molecular flexibility index (Phi) is 9.70. The number of fused-ring (bicyclic) bond motifs is 3. The zero-order valence-electron chi connectivity index (χ0n) is 25.8. The third-order valence-corrected chi connectivity index (χ3v) is 9.27. The highest BCUT2D eigenvalue weighted by molar-refractivity contribution is 6.06. The predicted molar refractivity (Wildman–Crippen MR) is 176 cm³/mol. The van der Waals surface area contributed by atoms with Gasteiger partial charge in [-0.15, -0.1) is 0 Å². The van der Waals surface area contributed by atoms with E-state index in [1.807, 2.05) is 10.9 Å². The number of carbonyl (C=O) groups is 1. The fourth-order valence-corrected chi connectivity index (χ4v) is 6.90. The molecule has 0 atom stereocenters. The molecule has 1 saturated carbocycles. The summed E-state index contributed by atoms with van der Waals surface area (Å²) in [4.78, 5) is 22.9. The van der Waals surface area contributed by atoms with Crippen molar-refractivity contribution in [2.45, 2.75) is 109 Å². The molecule has 0 spiro atoms. The van der Waals surface area contributed by atoms with Crippen LogP contribution in [-0.4, -0.2) is 44.8 Å². The molecular formula is C35H47N7O. The minimum Gasteiger partial charge on any atom is -0.384 e. The molecule has 6 rings (SSSR count). The Morgan fingerprint density at radius 3 is 2.53 bits per heavy atom. The van der Waals surface area contributed by atoms with Gasteiger partial charge in [-0.25, -0.2) is 9.67 Å². The van der Waals surface area contributed by atoms with Crippen LogP contribution >= 0.6 is 0 Å². The number of amides is 1. The van der Waals surface area contributed by atoms with Crippen molar-refractivity contribution in [3.8, 4) is 0 Å². The van der Waals surface area contributed by atoms with Crippen LogP contribution in [0.2, 0.25) is 0 Å². The molecule has 2 aliphatic rings. The number of unbranched alkanes of at least 4 members (excludes halogenated alkanes) is 4. The molecule has 0 bridgehead atoms. The topological polar surface area (TPSA) is 96.8 Å². The Morgan fingerprint density at radius 2 is 1.67 bits per heavy atom. The van der Waals surface area contributed by atoms with Gasteiger partial charge in [0.15, 0.2) is 5.65 Å². The molecule has 43 heavy (non-hydrogen) atoms. The first kappa shape index (κ1) is 29.4. The van der Waals surface area contributed by atoms with Gasteiger partial charge < -0.3 is 16.0 Å². The highest BCUT2D eigenvalue weighted by Crippen LogP contribution is 2.33. The second kappa shape index (κ2) is 14.2. The first-order chi connectivity index (χ1) is 21.2. The summed E-state index contributed by atoms with van der Waals surface area (Å²) < 4.78 is 1.89. The Labute approximate surface area is 255 Å². The van der Waals surface area contributed by atoms with Gasteiger partial charge in [-0.1, -0.05) is 56.7 Å². The Hall–Kier alpha value is -3.68. The van der Waals surface area contributed by atoms with E-state index in [1.54, 1.807) is 6.20 Å². The lowest BCUT2D eigenvalue weighted by atomic mass is 9.92. The van der Waals surface area contributed by atoms with Gasteiger partial charge in [-0.05, 0) is 69.9 Å². The van der Waals surface area contributed by atoms with Gasteiger partial charge in [0.25, 0.3) is 5.91 Å². The molecular weight excluding hydrogens is 534 g/mol. The third kappa shape index (κ3) is 6.78. The summed E-state index contributed by atoms with van der Waals surface area (Å²) in [5.41, 5.74) is 7.51. The van der Waals surface area contributed by atoms with Crippen LogP contribution in [0.4, 0.5) is 11.4 Å². The van der Waals surface area contributed by atoms with Crippen molar-refractivity contribution in [1.82, 2.24) is 25.1 Å².